The third kappa shape index (κ3) is 4.35. The summed E-state index contributed by atoms with van der Waals surface area (Å²) in [5.41, 5.74) is 0.751. The van der Waals surface area contributed by atoms with Gasteiger partial charge in [-0.2, -0.15) is 0 Å². The van der Waals surface area contributed by atoms with E-state index >= 15 is 0 Å². The summed E-state index contributed by atoms with van der Waals surface area (Å²) >= 11 is 0. The summed E-state index contributed by atoms with van der Waals surface area (Å²) in [5, 5.41) is 0. The maximum atomic E-state index is 12.5. The van der Waals surface area contributed by atoms with E-state index in [0.29, 0.717) is 6.61 Å². The highest BCUT2D eigenvalue weighted by atomic mass is 19.1. The number of rotatable bonds is 4. The van der Waals surface area contributed by atoms with Gasteiger partial charge < -0.3 is 4.74 Å². The minimum atomic E-state index is -0.365. The van der Waals surface area contributed by atoms with Crippen LogP contribution in [0.2, 0.25) is 0 Å². The minimum absolute atomic E-state index is 0.00871. The van der Waals surface area contributed by atoms with E-state index in [1.807, 2.05) is 0 Å². The van der Waals surface area contributed by atoms with Gasteiger partial charge in [0.1, 0.15) is 12.4 Å². The van der Waals surface area contributed by atoms with Crippen LogP contribution in [-0.2, 0) is 9.53 Å². The van der Waals surface area contributed by atoms with Crippen LogP contribution in [0.15, 0.2) is 29.3 Å². The van der Waals surface area contributed by atoms with Crippen LogP contribution in [0.4, 0.5) is 4.39 Å². The molecule has 0 aliphatic rings. The SMILES string of the molecule is CCOC(=O)C/N=C\c1ccc(F)cc1. The van der Waals surface area contributed by atoms with Gasteiger partial charge >= 0.3 is 5.97 Å². The largest absolute Gasteiger partial charge is 0.465 e. The van der Waals surface area contributed by atoms with E-state index in [1.54, 1.807) is 19.1 Å². The van der Waals surface area contributed by atoms with Crippen LogP contribution >= 0.6 is 0 Å². The molecule has 0 unspecified atom stereocenters. The molecular weight excluding hydrogens is 197 g/mol. The van der Waals surface area contributed by atoms with Crippen molar-refractivity contribution in [3.63, 3.8) is 0 Å². The van der Waals surface area contributed by atoms with Crippen LogP contribution in [0.3, 0.4) is 0 Å². The Morgan fingerprint density at radius 2 is 2.13 bits per heavy atom. The van der Waals surface area contributed by atoms with Crippen molar-refractivity contribution in [1.82, 2.24) is 0 Å². The second-order valence-corrected chi connectivity index (χ2v) is 2.83. The molecule has 0 bridgehead atoms. The molecule has 1 rings (SSSR count). The molecule has 0 N–H and O–H groups in total. The third-order valence-corrected chi connectivity index (χ3v) is 1.64. The molecule has 0 atom stereocenters. The van der Waals surface area contributed by atoms with E-state index in [0.717, 1.165) is 5.56 Å². The van der Waals surface area contributed by atoms with Crippen LogP contribution < -0.4 is 0 Å². The van der Waals surface area contributed by atoms with Gasteiger partial charge in [0.15, 0.2) is 0 Å². The summed E-state index contributed by atoms with van der Waals surface area (Å²) in [4.78, 5) is 14.8. The van der Waals surface area contributed by atoms with Gasteiger partial charge in [-0.3, -0.25) is 9.79 Å². The Kier molecular flexibility index (Phi) is 4.47. The lowest BCUT2D eigenvalue weighted by atomic mass is 10.2. The van der Waals surface area contributed by atoms with E-state index in [9.17, 15) is 9.18 Å². The van der Waals surface area contributed by atoms with Crippen LogP contribution in [0.25, 0.3) is 0 Å². The van der Waals surface area contributed by atoms with Gasteiger partial charge in [-0.05, 0) is 24.6 Å². The van der Waals surface area contributed by atoms with Crippen molar-refractivity contribution in [1.29, 1.82) is 0 Å². The lowest BCUT2D eigenvalue weighted by Crippen LogP contribution is -2.07. The second kappa shape index (κ2) is 5.90. The highest BCUT2D eigenvalue weighted by molar-refractivity contribution is 5.82. The number of benzene rings is 1. The quantitative estimate of drug-likeness (QED) is 0.560. The second-order valence-electron chi connectivity index (χ2n) is 2.83. The molecule has 0 radical (unpaired) electrons. The first-order valence-electron chi connectivity index (χ1n) is 4.63. The van der Waals surface area contributed by atoms with Gasteiger partial charge in [-0.15, -0.1) is 0 Å². The summed E-state index contributed by atoms with van der Waals surface area (Å²) in [5.74, 6) is -0.659. The molecule has 3 nitrogen and oxygen atoms in total. The zero-order chi connectivity index (χ0) is 11.1. The Morgan fingerprint density at radius 1 is 1.47 bits per heavy atom. The predicted molar refractivity (Wildman–Crippen MR) is 55.5 cm³/mol. The Bertz CT molecular complexity index is 346. The minimum Gasteiger partial charge on any atom is -0.465 e. The summed E-state index contributed by atoms with van der Waals surface area (Å²) in [6.07, 6.45) is 1.51. The summed E-state index contributed by atoms with van der Waals surface area (Å²) in [6.45, 7) is 2.08. The molecule has 1 aromatic rings. The molecular formula is C11H12FNO2. The van der Waals surface area contributed by atoms with Crippen LogP contribution in [-0.4, -0.2) is 25.3 Å². The molecule has 80 valence electrons. The molecule has 4 heteroatoms. The Hall–Kier alpha value is -1.71. The highest BCUT2D eigenvalue weighted by Gasteiger charge is 1.97. The average molecular weight is 209 g/mol. The maximum absolute atomic E-state index is 12.5. The highest BCUT2D eigenvalue weighted by Crippen LogP contribution is 1.99. The van der Waals surface area contributed by atoms with Gasteiger partial charge in [0.05, 0.1) is 6.61 Å². The van der Waals surface area contributed by atoms with Gasteiger partial charge in [0, 0.05) is 6.21 Å². The topological polar surface area (TPSA) is 38.7 Å². The number of halogens is 1. The Balaban J connectivity index is 2.44. The van der Waals surface area contributed by atoms with Gasteiger partial charge in [0.25, 0.3) is 0 Å². The van der Waals surface area contributed by atoms with Crippen molar-refractivity contribution in [3.05, 3.63) is 35.6 Å². The van der Waals surface area contributed by atoms with E-state index in [4.69, 9.17) is 0 Å². The zero-order valence-electron chi connectivity index (χ0n) is 8.44. The van der Waals surface area contributed by atoms with Gasteiger partial charge in [-0.1, -0.05) is 12.1 Å². The van der Waals surface area contributed by atoms with E-state index in [2.05, 4.69) is 9.73 Å². The van der Waals surface area contributed by atoms with Crippen molar-refractivity contribution in [2.75, 3.05) is 13.2 Å². The molecule has 0 saturated carbocycles. The molecule has 0 amide bonds. The summed E-state index contributed by atoms with van der Waals surface area (Å²) in [7, 11) is 0. The number of carbonyl (C=O) groups is 1. The fourth-order valence-corrected chi connectivity index (χ4v) is 0.981. The lowest BCUT2D eigenvalue weighted by molar-refractivity contribution is -0.141. The lowest BCUT2D eigenvalue weighted by Gasteiger charge is -1.96. The van der Waals surface area contributed by atoms with Crippen molar-refractivity contribution in [2.24, 2.45) is 4.99 Å². The van der Waals surface area contributed by atoms with Crippen molar-refractivity contribution in [2.45, 2.75) is 6.92 Å². The normalized spacial score (nSPS) is 10.5. The first-order chi connectivity index (χ1) is 7.22. The summed E-state index contributed by atoms with van der Waals surface area (Å²) in [6, 6.07) is 5.85. The Morgan fingerprint density at radius 3 is 2.73 bits per heavy atom. The monoisotopic (exact) mass is 209 g/mol. The molecule has 0 aliphatic carbocycles. The van der Waals surface area contributed by atoms with Crippen LogP contribution in [0, 0.1) is 5.82 Å². The molecule has 0 spiro atoms. The van der Waals surface area contributed by atoms with E-state index in [-0.39, 0.29) is 18.3 Å². The Labute approximate surface area is 87.6 Å². The van der Waals surface area contributed by atoms with E-state index < -0.39 is 0 Å². The van der Waals surface area contributed by atoms with Crippen molar-refractivity contribution in [3.8, 4) is 0 Å². The first kappa shape index (κ1) is 11.4. The summed E-state index contributed by atoms with van der Waals surface area (Å²) < 4.78 is 17.2. The zero-order valence-corrected chi connectivity index (χ0v) is 8.44. The number of nitrogens with zero attached hydrogens (tertiary/aromatic N) is 1. The molecule has 0 aromatic heterocycles. The molecule has 0 fully saturated rings. The third-order valence-electron chi connectivity index (χ3n) is 1.64. The fraction of sp³-hybridized carbons (Fsp3) is 0.273. The predicted octanol–water partition coefficient (Wildman–Crippen LogP) is 1.81. The number of aliphatic imine (C=N–C) groups is 1. The molecule has 0 aliphatic heterocycles. The fourth-order valence-electron chi connectivity index (χ4n) is 0.981. The standard InChI is InChI=1S/C11H12FNO2/c1-2-15-11(14)8-13-7-9-3-5-10(12)6-4-9/h3-7H,2,8H2,1H3/b13-7-. The maximum Gasteiger partial charge on any atom is 0.327 e. The molecule has 0 heterocycles. The first-order valence-corrected chi connectivity index (χ1v) is 4.63. The molecule has 0 saturated heterocycles. The van der Waals surface area contributed by atoms with Crippen LogP contribution in [0.1, 0.15) is 12.5 Å². The number of hydrogen-bond acceptors (Lipinski definition) is 3. The van der Waals surface area contributed by atoms with Gasteiger partial charge in [-0.25, -0.2) is 4.39 Å². The number of carbonyl (C=O) groups excluding carboxylic acids is 1. The van der Waals surface area contributed by atoms with Crippen LogP contribution in [0.5, 0.6) is 0 Å². The smallest absolute Gasteiger partial charge is 0.327 e. The van der Waals surface area contributed by atoms with E-state index in [1.165, 1.54) is 18.3 Å². The molecule has 15 heavy (non-hydrogen) atoms. The number of hydrogen-bond donors (Lipinski definition) is 0. The van der Waals surface area contributed by atoms with Crippen molar-refractivity contribution < 1.29 is 13.9 Å². The molecule has 1 aromatic carbocycles. The number of ether oxygens (including phenoxy) is 1. The average Bonchev–Trinajstić information content (AvgIpc) is 2.21. The van der Waals surface area contributed by atoms with Crippen molar-refractivity contribution >= 4 is 12.2 Å². The van der Waals surface area contributed by atoms with Gasteiger partial charge in [0.2, 0.25) is 0 Å². The number of esters is 1.